The number of carboxylic acid groups (broad SMARTS) is 1. The smallest absolute Gasteiger partial charge is 0.307 e. The quantitative estimate of drug-likeness (QED) is 0.852. The standard InChI is InChI=1S/C12H16O4/c1-12(2)9(10(12)11(13)14)8-5-4-7(16-8)6-15-3/h4-5,9-10H,6H2,1-3H3,(H,13,14). The van der Waals surface area contributed by atoms with Gasteiger partial charge in [-0.1, -0.05) is 13.8 Å². The molecule has 1 fully saturated rings. The Morgan fingerprint density at radius 3 is 2.75 bits per heavy atom. The zero-order chi connectivity index (χ0) is 11.9. The van der Waals surface area contributed by atoms with Gasteiger partial charge >= 0.3 is 5.97 Å². The van der Waals surface area contributed by atoms with E-state index in [0.717, 1.165) is 11.5 Å². The van der Waals surface area contributed by atoms with Crippen LogP contribution >= 0.6 is 0 Å². The fourth-order valence-electron chi connectivity index (χ4n) is 2.41. The van der Waals surface area contributed by atoms with Crippen molar-refractivity contribution in [3.63, 3.8) is 0 Å². The maximum atomic E-state index is 11.0. The van der Waals surface area contributed by atoms with Crippen LogP contribution in [0.2, 0.25) is 0 Å². The number of aliphatic carboxylic acids is 1. The molecular formula is C12H16O4. The highest BCUT2D eigenvalue weighted by atomic mass is 16.5. The molecule has 2 unspecified atom stereocenters. The molecule has 1 aromatic heterocycles. The molecule has 0 amide bonds. The van der Waals surface area contributed by atoms with Gasteiger partial charge in [0.05, 0.1) is 5.92 Å². The molecule has 2 rings (SSSR count). The lowest BCUT2D eigenvalue weighted by Gasteiger charge is -1.98. The third-order valence-corrected chi connectivity index (χ3v) is 3.37. The summed E-state index contributed by atoms with van der Waals surface area (Å²) in [6, 6.07) is 3.69. The molecule has 0 saturated heterocycles. The lowest BCUT2D eigenvalue weighted by Crippen LogP contribution is -2.03. The molecule has 1 aliphatic carbocycles. The van der Waals surface area contributed by atoms with E-state index in [9.17, 15) is 4.79 Å². The molecule has 1 aliphatic rings. The van der Waals surface area contributed by atoms with E-state index in [0.29, 0.717) is 6.61 Å². The van der Waals surface area contributed by atoms with Gasteiger partial charge in [-0.25, -0.2) is 0 Å². The normalized spacial score (nSPS) is 26.7. The van der Waals surface area contributed by atoms with Crippen LogP contribution in [0.5, 0.6) is 0 Å². The van der Waals surface area contributed by atoms with E-state index in [4.69, 9.17) is 14.3 Å². The van der Waals surface area contributed by atoms with Crippen molar-refractivity contribution >= 4 is 5.97 Å². The minimum Gasteiger partial charge on any atom is -0.481 e. The summed E-state index contributed by atoms with van der Waals surface area (Å²) in [4.78, 5) is 11.0. The summed E-state index contributed by atoms with van der Waals surface area (Å²) in [7, 11) is 1.60. The van der Waals surface area contributed by atoms with Crippen molar-refractivity contribution in [2.45, 2.75) is 26.4 Å². The van der Waals surface area contributed by atoms with Crippen LogP contribution in [0.15, 0.2) is 16.5 Å². The summed E-state index contributed by atoms with van der Waals surface area (Å²) in [6.07, 6.45) is 0. The Bertz CT molecular complexity index is 405. The van der Waals surface area contributed by atoms with E-state index in [1.165, 1.54) is 0 Å². The summed E-state index contributed by atoms with van der Waals surface area (Å²) in [6.45, 7) is 4.33. The highest BCUT2D eigenvalue weighted by molar-refractivity contribution is 5.77. The second kappa shape index (κ2) is 3.63. The molecule has 4 nitrogen and oxygen atoms in total. The third kappa shape index (κ3) is 1.63. The predicted molar refractivity (Wildman–Crippen MR) is 57.1 cm³/mol. The summed E-state index contributed by atoms with van der Waals surface area (Å²) in [5.74, 6) is 0.387. The molecule has 16 heavy (non-hydrogen) atoms. The molecule has 2 atom stereocenters. The van der Waals surface area contributed by atoms with Crippen molar-refractivity contribution < 1.29 is 19.1 Å². The van der Waals surface area contributed by atoms with E-state index in [-0.39, 0.29) is 17.3 Å². The zero-order valence-electron chi connectivity index (χ0n) is 9.69. The average Bonchev–Trinajstić information content (AvgIpc) is 2.57. The summed E-state index contributed by atoms with van der Waals surface area (Å²) in [5.41, 5.74) is -0.214. The van der Waals surface area contributed by atoms with Gasteiger partial charge in [0, 0.05) is 13.0 Å². The average molecular weight is 224 g/mol. The van der Waals surface area contributed by atoms with Crippen LogP contribution in [0.25, 0.3) is 0 Å². The van der Waals surface area contributed by atoms with Crippen LogP contribution in [-0.2, 0) is 16.1 Å². The highest BCUT2D eigenvalue weighted by Crippen LogP contribution is 2.64. The molecule has 0 bridgehead atoms. The molecule has 0 spiro atoms. The second-order valence-corrected chi connectivity index (χ2v) is 4.85. The molecule has 0 aromatic carbocycles. The lowest BCUT2D eigenvalue weighted by atomic mass is 10.1. The van der Waals surface area contributed by atoms with Gasteiger partial charge in [-0.05, 0) is 17.5 Å². The van der Waals surface area contributed by atoms with Gasteiger partial charge in [0.25, 0.3) is 0 Å². The van der Waals surface area contributed by atoms with Gasteiger partial charge in [-0.3, -0.25) is 4.79 Å². The van der Waals surface area contributed by atoms with E-state index in [2.05, 4.69) is 0 Å². The maximum absolute atomic E-state index is 11.0. The Morgan fingerprint density at radius 2 is 2.25 bits per heavy atom. The number of carbonyl (C=O) groups is 1. The van der Waals surface area contributed by atoms with E-state index >= 15 is 0 Å². The molecular weight excluding hydrogens is 208 g/mol. The SMILES string of the molecule is COCc1ccc(C2C(C(=O)O)C2(C)C)o1. The lowest BCUT2D eigenvalue weighted by molar-refractivity contribution is -0.139. The number of ether oxygens (including phenoxy) is 1. The predicted octanol–water partition coefficient (Wildman–Crippen LogP) is 2.25. The second-order valence-electron chi connectivity index (χ2n) is 4.85. The van der Waals surface area contributed by atoms with Crippen LogP contribution in [0.3, 0.4) is 0 Å². The number of furan rings is 1. The van der Waals surface area contributed by atoms with Crippen molar-refractivity contribution in [1.29, 1.82) is 0 Å². The molecule has 0 radical (unpaired) electrons. The molecule has 1 heterocycles. The van der Waals surface area contributed by atoms with Gasteiger partial charge < -0.3 is 14.3 Å². The molecule has 88 valence electrons. The van der Waals surface area contributed by atoms with Crippen LogP contribution in [0, 0.1) is 11.3 Å². The molecule has 1 saturated carbocycles. The van der Waals surface area contributed by atoms with Gasteiger partial charge in [0.2, 0.25) is 0 Å². The minimum absolute atomic E-state index is 0.0180. The van der Waals surface area contributed by atoms with Crippen LogP contribution < -0.4 is 0 Å². The molecule has 1 aromatic rings. The Balaban J connectivity index is 2.17. The van der Waals surface area contributed by atoms with Crippen LogP contribution in [0.1, 0.15) is 31.3 Å². The number of carboxylic acids is 1. The van der Waals surface area contributed by atoms with Gasteiger partial charge in [-0.15, -0.1) is 0 Å². The van der Waals surface area contributed by atoms with Crippen molar-refractivity contribution in [3.8, 4) is 0 Å². The van der Waals surface area contributed by atoms with Crippen molar-refractivity contribution in [3.05, 3.63) is 23.7 Å². The monoisotopic (exact) mass is 224 g/mol. The Labute approximate surface area is 94.2 Å². The summed E-state index contributed by atoms with van der Waals surface area (Å²) in [5, 5.41) is 9.06. The first-order valence-electron chi connectivity index (χ1n) is 5.29. The van der Waals surface area contributed by atoms with Crippen molar-refractivity contribution in [1.82, 2.24) is 0 Å². The summed E-state index contributed by atoms with van der Waals surface area (Å²) < 4.78 is 10.5. The molecule has 1 N–H and O–H groups in total. The van der Waals surface area contributed by atoms with Crippen molar-refractivity contribution in [2.75, 3.05) is 7.11 Å². The number of hydrogen-bond acceptors (Lipinski definition) is 3. The number of methoxy groups -OCH3 is 1. The Kier molecular flexibility index (Phi) is 2.54. The van der Waals surface area contributed by atoms with Crippen LogP contribution in [-0.4, -0.2) is 18.2 Å². The van der Waals surface area contributed by atoms with Gasteiger partial charge in [0.15, 0.2) is 0 Å². The van der Waals surface area contributed by atoms with Crippen molar-refractivity contribution in [2.24, 2.45) is 11.3 Å². The highest BCUT2D eigenvalue weighted by Gasteiger charge is 2.64. The number of rotatable bonds is 4. The van der Waals surface area contributed by atoms with E-state index < -0.39 is 5.97 Å². The minimum atomic E-state index is -0.750. The maximum Gasteiger partial charge on any atom is 0.307 e. The molecule has 0 aliphatic heterocycles. The fourth-order valence-corrected chi connectivity index (χ4v) is 2.41. The first-order valence-corrected chi connectivity index (χ1v) is 5.29. The largest absolute Gasteiger partial charge is 0.481 e. The topological polar surface area (TPSA) is 59.7 Å². The van der Waals surface area contributed by atoms with E-state index in [1.54, 1.807) is 7.11 Å². The summed E-state index contributed by atoms with van der Waals surface area (Å²) >= 11 is 0. The number of hydrogen-bond donors (Lipinski definition) is 1. The molecule has 4 heteroatoms. The van der Waals surface area contributed by atoms with E-state index in [1.807, 2.05) is 26.0 Å². The first-order chi connectivity index (χ1) is 7.48. The fraction of sp³-hybridized carbons (Fsp3) is 0.583. The Hall–Kier alpha value is -1.29. The van der Waals surface area contributed by atoms with Crippen LogP contribution in [0.4, 0.5) is 0 Å². The first kappa shape index (κ1) is 11.2. The Morgan fingerprint density at radius 1 is 1.56 bits per heavy atom. The zero-order valence-corrected chi connectivity index (χ0v) is 9.69. The van der Waals surface area contributed by atoms with Gasteiger partial charge in [-0.2, -0.15) is 0 Å². The van der Waals surface area contributed by atoms with Gasteiger partial charge in [0.1, 0.15) is 18.1 Å². The third-order valence-electron chi connectivity index (χ3n) is 3.37.